The van der Waals surface area contributed by atoms with Crippen molar-refractivity contribution in [3.63, 3.8) is 0 Å². The lowest BCUT2D eigenvalue weighted by atomic mass is 9.97. The highest BCUT2D eigenvalue weighted by Crippen LogP contribution is 2.26. The minimum atomic E-state index is -0.231. The van der Waals surface area contributed by atoms with E-state index in [1.165, 1.54) is 15.6 Å². The van der Waals surface area contributed by atoms with Crippen LogP contribution in [0.3, 0.4) is 0 Å². The van der Waals surface area contributed by atoms with E-state index in [9.17, 15) is 14.4 Å². The summed E-state index contributed by atoms with van der Waals surface area (Å²) in [6, 6.07) is 16.5. The van der Waals surface area contributed by atoms with Crippen LogP contribution in [-0.2, 0) is 18.4 Å². The first-order chi connectivity index (χ1) is 16.0. The van der Waals surface area contributed by atoms with Crippen molar-refractivity contribution >= 4 is 16.8 Å². The van der Waals surface area contributed by atoms with E-state index in [1.54, 1.807) is 34.7 Å². The number of hydrogen-bond acceptors (Lipinski definition) is 5. The number of nitrogens with zero attached hydrogens (tertiary/aromatic N) is 6. The third-order valence-corrected chi connectivity index (χ3v) is 6.14. The fourth-order valence-electron chi connectivity index (χ4n) is 4.45. The highest BCUT2D eigenvalue weighted by molar-refractivity contribution is 5.79. The van der Waals surface area contributed by atoms with Gasteiger partial charge in [-0.1, -0.05) is 30.3 Å². The van der Waals surface area contributed by atoms with E-state index in [0.29, 0.717) is 29.8 Å². The van der Waals surface area contributed by atoms with Crippen LogP contribution in [0.5, 0.6) is 0 Å². The molecule has 4 aromatic rings. The molecule has 1 aliphatic rings. The van der Waals surface area contributed by atoms with Crippen LogP contribution in [0.15, 0.2) is 70.5 Å². The molecule has 168 valence electrons. The van der Waals surface area contributed by atoms with Gasteiger partial charge >= 0.3 is 5.69 Å². The van der Waals surface area contributed by atoms with E-state index in [2.05, 4.69) is 10.1 Å². The highest BCUT2D eigenvalue weighted by Gasteiger charge is 2.30. The average molecular weight is 444 g/mol. The maximum Gasteiger partial charge on any atom is 0.350 e. The van der Waals surface area contributed by atoms with Crippen LogP contribution in [0.25, 0.3) is 16.6 Å². The number of aromatic nitrogens is 5. The number of rotatable bonds is 4. The molecular weight excluding hydrogens is 420 g/mol. The van der Waals surface area contributed by atoms with Gasteiger partial charge in [-0.25, -0.2) is 19.0 Å². The summed E-state index contributed by atoms with van der Waals surface area (Å²) < 4.78 is 4.31. The Morgan fingerprint density at radius 2 is 1.82 bits per heavy atom. The fraction of sp³-hybridized carbons (Fsp3) is 0.292. The van der Waals surface area contributed by atoms with Crippen LogP contribution in [0.1, 0.15) is 24.6 Å². The Hall–Kier alpha value is -4.01. The SMILES string of the molecule is Cn1nc(C2CCCN(C(=O)Cn3cnc4ccccc4c3=O)C2)n(-c2ccccc2)c1=O. The lowest BCUT2D eigenvalue weighted by molar-refractivity contribution is -0.133. The van der Waals surface area contributed by atoms with E-state index in [4.69, 9.17) is 0 Å². The number of piperidine rings is 1. The van der Waals surface area contributed by atoms with E-state index in [1.807, 2.05) is 36.4 Å². The molecule has 0 saturated carbocycles. The zero-order valence-electron chi connectivity index (χ0n) is 18.3. The number of fused-ring (bicyclic) bond motifs is 1. The molecule has 2 aromatic carbocycles. The van der Waals surface area contributed by atoms with Gasteiger partial charge in [0, 0.05) is 26.1 Å². The largest absolute Gasteiger partial charge is 0.350 e. The Morgan fingerprint density at radius 3 is 2.64 bits per heavy atom. The smallest absolute Gasteiger partial charge is 0.340 e. The third-order valence-electron chi connectivity index (χ3n) is 6.14. The van der Waals surface area contributed by atoms with Crippen molar-refractivity contribution in [2.24, 2.45) is 7.05 Å². The Kier molecular flexibility index (Phi) is 5.37. The van der Waals surface area contributed by atoms with E-state index >= 15 is 0 Å². The van der Waals surface area contributed by atoms with Crippen molar-refractivity contribution in [1.82, 2.24) is 28.8 Å². The van der Waals surface area contributed by atoms with Crippen molar-refractivity contribution in [2.75, 3.05) is 13.1 Å². The second-order valence-corrected chi connectivity index (χ2v) is 8.31. The Labute approximate surface area is 189 Å². The van der Waals surface area contributed by atoms with Crippen molar-refractivity contribution in [3.05, 3.63) is 87.6 Å². The lowest BCUT2D eigenvalue weighted by Crippen LogP contribution is -2.42. The maximum atomic E-state index is 13.1. The molecule has 1 saturated heterocycles. The number of aryl methyl sites for hydroxylation is 1. The number of para-hydroxylation sites is 2. The van der Waals surface area contributed by atoms with E-state index in [0.717, 1.165) is 18.5 Å². The van der Waals surface area contributed by atoms with Gasteiger partial charge in [0.1, 0.15) is 12.4 Å². The molecule has 9 nitrogen and oxygen atoms in total. The number of likely N-dealkylation sites (tertiary alicyclic amines) is 1. The van der Waals surface area contributed by atoms with Crippen molar-refractivity contribution in [2.45, 2.75) is 25.3 Å². The summed E-state index contributed by atoms with van der Waals surface area (Å²) in [6.07, 6.45) is 3.04. The van der Waals surface area contributed by atoms with Crippen LogP contribution >= 0.6 is 0 Å². The van der Waals surface area contributed by atoms with Crippen LogP contribution < -0.4 is 11.2 Å². The molecule has 3 heterocycles. The fourth-order valence-corrected chi connectivity index (χ4v) is 4.45. The van der Waals surface area contributed by atoms with Gasteiger partial charge in [-0.2, -0.15) is 5.10 Å². The second kappa shape index (κ2) is 8.50. The minimum absolute atomic E-state index is 0.0723. The Morgan fingerprint density at radius 1 is 1.06 bits per heavy atom. The molecule has 1 aliphatic heterocycles. The van der Waals surface area contributed by atoms with Gasteiger partial charge in [0.15, 0.2) is 0 Å². The molecule has 0 N–H and O–H groups in total. The van der Waals surface area contributed by atoms with Crippen LogP contribution in [-0.4, -0.2) is 47.8 Å². The van der Waals surface area contributed by atoms with Gasteiger partial charge in [0.2, 0.25) is 5.91 Å². The third kappa shape index (κ3) is 3.86. The summed E-state index contributed by atoms with van der Waals surface area (Å²) in [5.41, 5.74) is 0.916. The minimum Gasteiger partial charge on any atom is -0.340 e. The van der Waals surface area contributed by atoms with Crippen molar-refractivity contribution < 1.29 is 4.79 Å². The molecule has 1 fully saturated rings. The monoisotopic (exact) mass is 444 g/mol. The van der Waals surface area contributed by atoms with Gasteiger partial charge in [0.05, 0.1) is 22.9 Å². The summed E-state index contributed by atoms with van der Waals surface area (Å²) in [4.78, 5) is 44.7. The molecular formula is C24H24N6O3. The highest BCUT2D eigenvalue weighted by atomic mass is 16.2. The normalized spacial score (nSPS) is 16.3. The summed E-state index contributed by atoms with van der Waals surface area (Å²) in [5, 5.41) is 4.99. The predicted molar refractivity (Wildman–Crippen MR) is 123 cm³/mol. The van der Waals surface area contributed by atoms with Gasteiger partial charge in [-0.15, -0.1) is 0 Å². The topological polar surface area (TPSA) is 95.0 Å². The molecule has 0 spiro atoms. The molecule has 9 heteroatoms. The summed E-state index contributed by atoms with van der Waals surface area (Å²) in [7, 11) is 1.64. The molecule has 1 atom stereocenters. The summed E-state index contributed by atoms with van der Waals surface area (Å²) >= 11 is 0. The average Bonchev–Trinajstić information content (AvgIpc) is 3.15. The quantitative estimate of drug-likeness (QED) is 0.477. The van der Waals surface area contributed by atoms with Crippen LogP contribution in [0.2, 0.25) is 0 Å². The molecule has 5 rings (SSSR count). The van der Waals surface area contributed by atoms with Crippen LogP contribution in [0, 0.1) is 0 Å². The number of amides is 1. The van der Waals surface area contributed by atoms with Crippen molar-refractivity contribution in [1.29, 1.82) is 0 Å². The zero-order chi connectivity index (χ0) is 22.9. The zero-order valence-corrected chi connectivity index (χ0v) is 18.3. The number of benzene rings is 2. The van der Waals surface area contributed by atoms with E-state index < -0.39 is 0 Å². The van der Waals surface area contributed by atoms with E-state index in [-0.39, 0.29) is 29.6 Å². The lowest BCUT2D eigenvalue weighted by Gasteiger charge is -2.32. The van der Waals surface area contributed by atoms with Gasteiger partial charge in [-0.3, -0.25) is 14.2 Å². The van der Waals surface area contributed by atoms with Crippen molar-refractivity contribution in [3.8, 4) is 5.69 Å². The number of carbonyl (C=O) groups excluding carboxylic acids is 1. The molecule has 1 unspecified atom stereocenters. The maximum absolute atomic E-state index is 13.1. The molecule has 33 heavy (non-hydrogen) atoms. The second-order valence-electron chi connectivity index (χ2n) is 8.31. The Balaban J connectivity index is 1.40. The first-order valence-electron chi connectivity index (χ1n) is 11.0. The predicted octanol–water partition coefficient (Wildman–Crippen LogP) is 1.69. The molecule has 2 aromatic heterocycles. The summed E-state index contributed by atoms with van der Waals surface area (Å²) in [5.74, 6) is 0.419. The first-order valence-corrected chi connectivity index (χ1v) is 11.0. The van der Waals surface area contributed by atoms with Crippen LogP contribution in [0.4, 0.5) is 0 Å². The van der Waals surface area contributed by atoms with Gasteiger partial charge in [-0.05, 0) is 37.1 Å². The first kappa shape index (κ1) is 20.9. The molecule has 0 bridgehead atoms. The number of carbonyl (C=O) groups is 1. The number of hydrogen-bond donors (Lipinski definition) is 0. The molecule has 1 amide bonds. The molecule has 0 radical (unpaired) electrons. The molecule has 0 aliphatic carbocycles. The van der Waals surface area contributed by atoms with Gasteiger partial charge in [0.25, 0.3) is 5.56 Å². The van der Waals surface area contributed by atoms with Gasteiger partial charge < -0.3 is 4.90 Å². The standard InChI is InChI=1S/C24H24N6O3/c1-27-24(33)30(18-9-3-2-4-10-18)22(26-27)17-8-7-13-28(14-17)21(31)15-29-16-25-20-12-6-5-11-19(20)23(29)32/h2-6,9-12,16-17H,7-8,13-15H2,1H3. The Bertz CT molecular complexity index is 1440. The summed E-state index contributed by atoms with van der Waals surface area (Å²) in [6.45, 7) is 0.975.